The van der Waals surface area contributed by atoms with Gasteiger partial charge < -0.3 is 21.1 Å². The zero-order valence-corrected chi connectivity index (χ0v) is 13.6. The molecule has 1 aromatic carbocycles. The summed E-state index contributed by atoms with van der Waals surface area (Å²) in [7, 11) is 1.73. The van der Waals surface area contributed by atoms with Crippen LogP contribution in [0.2, 0.25) is 10.0 Å². The predicted octanol–water partition coefficient (Wildman–Crippen LogP) is 2.72. The van der Waals surface area contributed by atoms with Gasteiger partial charge in [-0.1, -0.05) is 29.3 Å². The van der Waals surface area contributed by atoms with Crippen molar-refractivity contribution in [1.29, 1.82) is 0 Å². The molecule has 1 atom stereocenters. The van der Waals surface area contributed by atoms with Crippen molar-refractivity contribution < 1.29 is 5.11 Å². The highest BCUT2D eigenvalue weighted by atomic mass is 35.5. The number of benzene rings is 1. The van der Waals surface area contributed by atoms with Crippen LogP contribution in [0.25, 0.3) is 5.57 Å². The van der Waals surface area contributed by atoms with E-state index in [2.05, 4.69) is 31.1 Å². The van der Waals surface area contributed by atoms with Crippen LogP contribution in [-0.2, 0) is 0 Å². The highest BCUT2D eigenvalue weighted by Crippen LogP contribution is 2.36. The minimum absolute atomic E-state index is 0.468. The average Bonchev–Trinajstić information content (AvgIpc) is 2.96. The van der Waals surface area contributed by atoms with E-state index in [4.69, 9.17) is 23.2 Å². The van der Waals surface area contributed by atoms with E-state index < -0.39 is 6.23 Å². The molecule has 9 heteroatoms. The Bertz CT molecular complexity index is 762. The van der Waals surface area contributed by atoms with Crippen molar-refractivity contribution in [2.45, 2.75) is 6.23 Å². The maximum absolute atomic E-state index is 9.40. The third-order valence-corrected chi connectivity index (χ3v) is 3.77. The Labute approximate surface area is 142 Å². The highest BCUT2D eigenvalue weighted by Gasteiger charge is 2.15. The molecule has 0 fully saturated rings. The number of aromatic nitrogens is 3. The fourth-order valence-corrected chi connectivity index (χ4v) is 2.82. The number of hydrogen-bond acceptors (Lipinski definition) is 6. The lowest BCUT2D eigenvalue weighted by molar-refractivity contribution is 0.201. The van der Waals surface area contributed by atoms with Gasteiger partial charge in [-0.05, 0) is 18.2 Å². The molecule has 0 bridgehead atoms. The number of anilines is 3. The van der Waals surface area contributed by atoms with Gasteiger partial charge in [0.1, 0.15) is 6.23 Å². The fourth-order valence-electron chi connectivity index (χ4n) is 2.12. The number of dihydropyridines is 1. The first-order chi connectivity index (χ1) is 11.1. The first-order valence-corrected chi connectivity index (χ1v) is 7.51. The van der Waals surface area contributed by atoms with Crippen LogP contribution in [0.4, 0.5) is 17.6 Å². The number of nitrogens with zero attached hydrogens (tertiary/aromatic N) is 2. The number of aliphatic hydroxyl groups is 1. The predicted molar refractivity (Wildman–Crippen MR) is 91.9 cm³/mol. The van der Waals surface area contributed by atoms with Crippen molar-refractivity contribution in [2.24, 2.45) is 0 Å². The molecular weight excluding hydrogens is 339 g/mol. The summed E-state index contributed by atoms with van der Waals surface area (Å²) >= 11 is 12.7. The Hall–Kier alpha value is -2.22. The van der Waals surface area contributed by atoms with Crippen molar-refractivity contribution in [3.63, 3.8) is 0 Å². The molecule has 120 valence electrons. The van der Waals surface area contributed by atoms with E-state index in [1.807, 2.05) is 0 Å². The van der Waals surface area contributed by atoms with E-state index in [-0.39, 0.29) is 0 Å². The molecule has 2 heterocycles. The van der Waals surface area contributed by atoms with Crippen molar-refractivity contribution in [3.8, 4) is 0 Å². The molecule has 0 saturated carbocycles. The Kier molecular flexibility index (Phi) is 4.42. The molecule has 7 nitrogen and oxygen atoms in total. The van der Waals surface area contributed by atoms with Gasteiger partial charge in [-0.15, -0.1) is 5.10 Å². The minimum atomic E-state index is -0.704. The molecule has 0 amide bonds. The fraction of sp³-hybridized carbons (Fsp3) is 0.143. The molecule has 3 rings (SSSR count). The summed E-state index contributed by atoms with van der Waals surface area (Å²) in [4.78, 5) is 4.17. The molecule has 1 aliphatic rings. The third-order valence-electron chi connectivity index (χ3n) is 3.17. The molecule has 0 aliphatic carbocycles. The van der Waals surface area contributed by atoms with Gasteiger partial charge in [0.25, 0.3) is 0 Å². The smallest absolute Gasteiger partial charge is 0.243 e. The van der Waals surface area contributed by atoms with Gasteiger partial charge in [0.2, 0.25) is 11.9 Å². The van der Waals surface area contributed by atoms with Gasteiger partial charge in [-0.2, -0.15) is 4.98 Å². The summed E-state index contributed by atoms with van der Waals surface area (Å²) < 4.78 is 0. The molecule has 0 saturated heterocycles. The second-order valence-corrected chi connectivity index (χ2v) is 5.58. The van der Waals surface area contributed by atoms with E-state index in [0.717, 1.165) is 5.57 Å². The molecule has 1 unspecified atom stereocenters. The maximum Gasteiger partial charge on any atom is 0.243 e. The lowest BCUT2D eigenvalue weighted by Gasteiger charge is -2.16. The van der Waals surface area contributed by atoms with Crippen LogP contribution in [0.5, 0.6) is 0 Å². The summed E-state index contributed by atoms with van der Waals surface area (Å²) in [6.45, 7) is 0. The van der Waals surface area contributed by atoms with Crippen molar-refractivity contribution in [3.05, 3.63) is 46.1 Å². The zero-order chi connectivity index (χ0) is 16.4. The Morgan fingerprint density at radius 2 is 2.00 bits per heavy atom. The van der Waals surface area contributed by atoms with Crippen LogP contribution in [0.3, 0.4) is 0 Å². The molecule has 23 heavy (non-hydrogen) atoms. The van der Waals surface area contributed by atoms with E-state index in [0.29, 0.717) is 33.2 Å². The second-order valence-electron chi connectivity index (χ2n) is 4.77. The van der Waals surface area contributed by atoms with Gasteiger partial charge in [-0.3, -0.25) is 0 Å². The Morgan fingerprint density at radius 3 is 2.57 bits per heavy atom. The van der Waals surface area contributed by atoms with Crippen LogP contribution in [0, 0.1) is 0 Å². The average molecular weight is 353 g/mol. The third kappa shape index (κ3) is 3.42. The highest BCUT2D eigenvalue weighted by molar-refractivity contribution is 6.38. The van der Waals surface area contributed by atoms with E-state index in [9.17, 15) is 5.11 Å². The van der Waals surface area contributed by atoms with Crippen LogP contribution in [0.15, 0.2) is 30.5 Å². The lowest BCUT2D eigenvalue weighted by Crippen LogP contribution is -2.23. The summed E-state index contributed by atoms with van der Waals surface area (Å²) in [5, 5.41) is 25.7. The summed E-state index contributed by atoms with van der Waals surface area (Å²) in [6.07, 6.45) is 4.34. The monoisotopic (exact) mass is 352 g/mol. The SMILES string of the molecule is CNc1n[nH]c(Nc2cc(Cl)c(C3=CNC(O)C=C3)c(Cl)c2)n1. The van der Waals surface area contributed by atoms with Crippen LogP contribution in [0.1, 0.15) is 5.56 Å². The van der Waals surface area contributed by atoms with Crippen molar-refractivity contribution in [1.82, 2.24) is 20.5 Å². The summed E-state index contributed by atoms with van der Waals surface area (Å²) in [5.41, 5.74) is 2.15. The molecular formula is C14H14Cl2N6O. The molecule has 2 aromatic rings. The van der Waals surface area contributed by atoms with Gasteiger partial charge >= 0.3 is 0 Å². The van der Waals surface area contributed by atoms with E-state index in [1.165, 1.54) is 0 Å². The van der Waals surface area contributed by atoms with E-state index >= 15 is 0 Å². The second kappa shape index (κ2) is 6.49. The minimum Gasteiger partial charge on any atom is -0.370 e. The molecule has 0 spiro atoms. The number of hydrogen-bond donors (Lipinski definition) is 5. The Balaban J connectivity index is 1.87. The molecule has 1 aromatic heterocycles. The normalized spacial score (nSPS) is 16.7. The number of aliphatic hydroxyl groups excluding tert-OH is 1. The quantitative estimate of drug-likeness (QED) is 0.580. The summed E-state index contributed by atoms with van der Waals surface area (Å²) in [6, 6.07) is 3.48. The zero-order valence-electron chi connectivity index (χ0n) is 12.1. The first kappa shape index (κ1) is 15.7. The van der Waals surface area contributed by atoms with Crippen LogP contribution in [-0.4, -0.2) is 33.6 Å². The number of nitrogens with one attached hydrogen (secondary N) is 4. The van der Waals surface area contributed by atoms with E-state index in [1.54, 1.807) is 37.5 Å². The Morgan fingerprint density at radius 1 is 1.26 bits per heavy atom. The number of allylic oxidation sites excluding steroid dienone is 2. The molecule has 0 radical (unpaired) electrons. The molecule has 5 N–H and O–H groups in total. The molecule has 1 aliphatic heterocycles. The van der Waals surface area contributed by atoms with Crippen LogP contribution < -0.4 is 16.0 Å². The van der Waals surface area contributed by atoms with Gasteiger partial charge in [-0.25, -0.2) is 5.10 Å². The lowest BCUT2D eigenvalue weighted by atomic mass is 10.0. The number of aromatic amines is 1. The summed E-state index contributed by atoms with van der Waals surface area (Å²) in [5.74, 6) is 0.944. The van der Waals surface area contributed by atoms with Gasteiger partial charge in [0.05, 0.1) is 10.0 Å². The van der Waals surface area contributed by atoms with Gasteiger partial charge in [0, 0.05) is 30.1 Å². The first-order valence-electron chi connectivity index (χ1n) is 6.76. The maximum atomic E-state index is 9.40. The van der Waals surface area contributed by atoms with Crippen molar-refractivity contribution in [2.75, 3.05) is 17.7 Å². The van der Waals surface area contributed by atoms with Crippen molar-refractivity contribution >= 4 is 46.4 Å². The number of halogens is 2. The topological polar surface area (TPSA) is 97.9 Å². The van der Waals surface area contributed by atoms with Gasteiger partial charge in [0.15, 0.2) is 0 Å². The number of rotatable bonds is 4. The standard InChI is InChI=1S/C14H14Cl2N6O/c1-17-13-20-14(22-21-13)19-8-4-9(15)12(10(16)5-8)7-2-3-11(23)18-6-7/h2-6,11,18,23H,1H3,(H3,17,19,20,21,22). The largest absolute Gasteiger partial charge is 0.370 e. The van der Waals surface area contributed by atoms with Crippen LogP contribution >= 0.6 is 23.2 Å². The number of H-pyrrole nitrogens is 1.